The zero-order chi connectivity index (χ0) is 21.8. The Morgan fingerprint density at radius 3 is 2.74 bits per heavy atom. The molecule has 0 atom stereocenters. The van der Waals surface area contributed by atoms with Gasteiger partial charge in [-0.05, 0) is 32.9 Å². The molecule has 0 radical (unpaired) electrons. The monoisotopic (exact) mass is 433 g/mol. The van der Waals surface area contributed by atoms with Gasteiger partial charge in [0.15, 0.2) is 11.5 Å². The third-order valence-corrected chi connectivity index (χ3v) is 5.45. The van der Waals surface area contributed by atoms with Crippen molar-refractivity contribution in [1.82, 2.24) is 34.5 Å². The van der Waals surface area contributed by atoms with Gasteiger partial charge in [0.2, 0.25) is 5.13 Å². The first-order chi connectivity index (χ1) is 14.8. The SMILES string of the molecule is CC(C)(C)n1nc(-n2c(C(=O)Nc3nncs3)cc3ccccc32)c2c(N)ncnc21. The minimum Gasteiger partial charge on any atom is -0.383 e. The number of nitrogens with two attached hydrogens (primary N) is 1. The average Bonchev–Trinajstić information content (AvgIpc) is 3.44. The largest absolute Gasteiger partial charge is 0.383 e. The fourth-order valence-corrected chi connectivity index (χ4v) is 3.96. The second-order valence-electron chi connectivity index (χ2n) is 7.99. The highest BCUT2D eigenvalue weighted by atomic mass is 32.1. The van der Waals surface area contributed by atoms with Crippen LogP contribution < -0.4 is 11.1 Å². The third-order valence-electron chi connectivity index (χ3n) is 4.85. The summed E-state index contributed by atoms with van der Waals surface area (Å²) in [7, 11) is 0. The standard InChI is InChI=1S/C20H19N9OS/c1-20(2,3)29-16-14(15(21)22-9-23-16)17(27-29)28-12-7-5-4-6-11(12)8-13(28)18(30)25-19-26-24-10-31-19/h4-10H,1-3H3,(H2,21,22,23)(H,25,26,30). The highest BCUT2D eigenvalue weighted by Crippen LogP contribution is 2.33. The van der Waals surface area contributed by atoms with Crippen molar-refractivity contribution in [2.45, 2.75) is 26.3 Å². The van der Waals surface area contributed by atoms with Crippen LogP contribution in [0, 0.1) is 0 Å². The number of carbonyl (C=O) groups is 1. The van der Waals surface area contributed by atoms with Gasteiger partial charge < -0.3 is 5.73 Å². The molecule has 0 saturated carbocycles. The number of hydrogen-bond donors (Lipinski definition) is 2. The van der Waals surface area contributed by atoms with E-state index in [9.17, 15) is 4.79 Å². The summed E-state index contributed by atoms with van der Waals surface area (Å²) in [6.45, 7) is 6.08. The average molecular weight is 434 g/mol. The predicted molar refractivity (Wildman–Crippen MR) is 119 cm³/mol. The Kier molecular flexibility index (Phi) is 4.22. The van der Waals surface area contributed by atoms with Crippen LogP contribution in [0.2, 0.25) is 0 Å². The number of anilines is 2. The molecule has 5 rings (SSSR count). The molecule has 4 aromatic heterocycles. The molecule has 0 fully saturated rings. The minimum atomic E-state index is -0.366. The molecule has 1 amide bonds. The molecule has 4 heterocycles. The van der Waals surface area contributed by atoms with Crippen LogP contribution in [0.1, 0.15) is 31.3 Å². The van der Waals surface area contributed by atoms with Gasteiger partial charge in [-0.2, -0.15) is 5.10 Å². The Balaban J connectivity index is 1.81. The fraction of sp³-hybridized carbons (Fsp3) is 0.200. The summed E-state index contributed by atoms with van der Waals surface area (Å²) in [4.78, 5) is 21.8. The molecule has 156 valence electrons. The summed E-state index contributed by atoms with van der Waals surface area (Å²) >= 11 is 1.24. The zero-order valence-electron chi connectivity index (χ0n) is 17.1. The van der Waals surface area contributed by atoms with Gasteiger partial charge in [-0.1, -0.05) is 29.5 Å². The van der Waals surface area contributed by atoms with Crippen LogP contribution in [0.25, 0.3) is 27.8 Å². The number of hydrogen-bond acceptors (Lipinski definition) is 8. The summed E-state index contributed by atoms with van der Waals surface area (Å²) < 4.78 is 3.59. The highest BCUT2D eigenvalue weighted by Gasteiger charge is 2.27. The quantitative estimate of drug-likeness (QED) is 0.447. The molecule has 31 heavy (non-hydrogen) atoms. The van der Waals surface area contributed by atoms with Crippen LogP contribution >= 0.6 is 11.3 Å². The number of carbonyl (C=O) groups excluding carboxylic acids is 1. The normalized spacial score (nSPS) is 12.0. The van der Waals surface area contributed by atoms with Crippen molar-refractivity contribution in [2.24, 2.45) is 0 Å². The Labute approximate surface area is 180 Å². The van der Waals surface area contributed by atoms with Crippen molar-refractivity contribution in [2.75, 3.05) is 11.1 Å². The summed E-state index contributed by atoms with van der Waals surface area (Å²) in [5, 5.41) is 17.2. The van der Waals surface area contributed by atoms with Crippen LogP contribution in [-0.2, 0) is 5.54 Å². The third kappa shape index (κ3) is 3.10. The predicted octanol–water partition coefficient (Wildman–Crippen LogP) is 3.21. The second-order valence-corrected chi connectivity index (χ2v) is 8.82. The van der Waals surface area contributed by atoms with Crippen molar-refractivity contribution in [3.63, 3.8) is 0 Å². The summed E-state index contributed by atoms with van der Waals surface area (Å²) in [5.74, 6) is 0.456. The van der Waals surface area contributed by atoms with Crippen molar-refractivity contribution in [1.29, 1.82) is 0 Å². The molecule has 1 aromatic carbocycles. The lowest BCUT2D eigenvalue weighted by atomic mass is 10.1. The van der Waals surface area contributed by atoms with E-state index >= 15 is 0 Å². The molecule has 0 bridgehead atoms. The molecule has 10 nitrogen and oxygen atoms in total. The fourth-order valence-electron chi connectivity index (χ4n) is 3.52. The van der Waals surface area contributed by atoms with Gasteiger partial charge in [-0.3, -0.25) is 14.7 Å². The molecular weight excluding hydrogens is 414 g/mol. The van der Waals surface area contributed by atoms with Gasteiger partial charge in [0, 0.05) is 5.39 Å². The molecular formula is C20H19N9OS. The van der Waals surface area contributed by atoms with Crippen molar-refractivity contribution >= 4 is 50.1 Å². The lowest BCUT2D eigenvalue weighted by molar-refractivity contribution is 0.102. The van der Waals surface area contributed by atoms with Gasteiger partial charge in [0.1, 0.15) is 28.7 Å². The summed E-state index contributed by atoms with van der Waals surface area (Å²) in [6.07, 6.45) is 1.42. The molecule has 0 unspecified atom stereocenters. The smallest absolute Gasteiger partial charge is 0.274 e. The van der Waals surface area contributed by atoms with E-state index in [1.165, 1.54) is 17.7 Å². The maximum Gasteiger partial charge on any atom is 0.274 e. The Morgan fingerprint density at radius 1 is 1.19 bits per heavy atom. The van der Waals surface area contributed by atoms with E-state index in [1.807, 2.05) is 51.1 Å². The van der Waals surface area contributed by atoms with Crippen LogP contribution in [0.4, 0.5) is 10.9 Å². The number of nitrogens with one attached hydrogen (secondary N) is 1. The number of rotatable bonds is 3. The number of nitrogen functional groups attached to an aromatic ring is 1. The molecule has 0 aliphatic rings. The van der Waals surface area contributed by atoms with Gasteiger partial charge >= 0.3 is 0 Å². The first kappa shape index (κ1) is 19.1. The van der Waals surface area contributed by atoms with E-state index in [0.29, 0.717) is 33.5 Å². The minimum absolute atomic E-state index is 0.295. The topological polar surface area (TPSA) is 129 Å². The number of aromatic nitrogens is 7. The maximum atomic E-state index is 13.2. The highest BCUT2D eigenvalue weighted by molar-refractivity contribution is 7.13. The molecule has 0 saturated heterocycles. The van der Waals surface area contributed by atoms with Crippen LogP contribution in [0.15, 0.2) is 42.2 Å². The number of amides is 1. The van der Waals surface area contributed by atoms with Gasteiger partial charge in [-0.25, -0.2) is 14.6 Å². The van der Waals surface area contributed by atoms with Gasteiger partial charge in [-0.15, -0.1) is 10.2 Å². The number of fused-ring (bicyclic) bond motifs is 2. The molecule has 5 aromatic rings. The van der Waals surface area contributed by atoms with Crippen molar-refractivity contribution in [3.05, 3.63) is 47.9 Å². The lowest BCUT2D eigenvalue weighted by Crippen LogP contribution is -2.24. The molecule has 0 aliphatic heterocycles. The van der Waals surface area contributed by atoms with Gasteiger partial charge in [0.05, 0.1) is 11.1 Å². The van der Waals surface area contributed by atoms with E-state index in [4.69, 9.17) is 10.8 Å². The molecule has 3 N–H and O–H groups in total. The Bertz CT molecular complexity index is 1430. The number of benzene rings is 1. The first-order valence-electron chi connectivity index (χ1n) is 9.52. The molecule has 0 spiro atoms. The Hall–Kier alpha value is -3.86. The summed E-state index contributed by atoms with van der Waals surface area (Å²) in [6, 6.07) is 9.51. The van der Waals surface area contributed by atoms with E-state index in [0.717, 1.165) is 10.9 Å². The van der Waals surface area contributed by atoms with Gasteiger partial charge in [0.25, 0.3) is 5.91 Å². The number of para-hydroxylation sites is 1. The van der Waals surface area contributed by atoms with E-state index < -0.39 is 0 Å². The maximum absolute atomic E-state index is 13.2. The summed E-state index contributed by atoms with van der Waals surface area (Å²) in [5.41, 5.74) is 9.26. The zero-order valence-corrected chi connectivity index (χ0v) is 17.9. The van der Waals surface area contributed by atoms with E-state index in [-0.39, 0.29) is 11.4 Å². The van der Waals surface area contributed by atoms with Crippen molar-refractivity contribution < 1.29 is 4.79 Å². The first-order valence-corrected chi connectivity index (χ1v) is 10.4. The van der Waals surface area contributed by atoms with Crippen LogP contribution in [0.3, 0.4) is 0 Å². The van der Waals surface area contributed by atoms with Crippen LogP contribution in [-0.4, -0.2) is 40.4 Å². The number of nitrogens with zero attached hydrogens (tertiary/aromatic N) is 7. The molecule has 0 aliphatic carbocycles. The second kappa shape index (κ2) is 6.84. The van der Waals surface area contributed by atoms with Crippen LogP contribution in [0.5, 0.6) is 0 Å². The van der Waals surface area contributed by atoms with E-state index in [2.05, 4.69) is 25.5 Å². The lowest BCUT2D eigenvalue weighted by Gasteiger charge is -2.19. The molecule has 11 heteroatoms. The Morgan fingerprint density at radius 2 is 2.00 bits per heavy atom. The van der Waals surface area contributed by atoms with Crippen molar-refractivity contribution in [3.8, 4) is 5.82 Å². The van der Waals surface area contributed by atoms with E-state index in [1.54, 1.807) is 14.8 Å².